The first-order chi connectivity index (χ1) is 10.1. The molecule has 1 fully saturated rings. The molecule has 1 aromatic rings. The van der Waals surface area contributed by atoms with E-state index in [1.54, 1.807) is 35.7 Å². The summed E-state index contributed by atoms with van der Waals surface area (Å²) >= 11 is 3.42. The molecule has 116 valence electrons. The third kappa shape index (κ3) is 5.76. The quantitative estimate of drug-likeness (QED) is 0.788. The van der Waals surface area contributed by atoms with Crippen LogP contribution >= 0.6 is 23.5 Å². The highest BCUT2D eigenvalue weighted by atomic mass is 32.2. The molecule has 21 heavy (non-hydrogen) atoms. The number of urea groups is 1. The van der Waals surface area contributed by atoms with E-state index in [1.165, 1.54) is 12.1 Å². The summed E-state index contributed by atoms with van der Waals surface area (Å²) in [7, 11) is 0. The van der Waals surface area contributed by atoms with Gasteiger partial charge in [-0.1, -0.05) is 12.1 Å². The molecule has 2 rings (SSSR count). The molecule has 1 aliphatic heterocycles. The number of benzene rings is 1. The summed E-state index contributed by atoms with van der Waals surface area (Å²) < 4.78 is 12.8. The third-order valence-electron chi connectivity index (χ3n) is 3.06. The van der Waals surface area contributed by atoms with Crippen LogP contribution in [0, 0.1) is 5.82 Å². The summed E-state index contributed by atoms with van der Waals surface area (Å²) in [6.07, 6.45) is 0. The number of thioether (sulfide) groups is 2. The van der Waals surface area contributed by atoms with Crippen molar-refractivity contribution in [2.45, 2.75) is 12.1 Å². The second-order valence-electron chi connectivity index (χ2n) is 4.99. The maximum absolute atomic E-state index is 12.8. The average molecular weight is 330 g/mol. The SMILES string of the molecule is O=C(NCc1ccc(F)cc1)NCC1(O)CSCCSC1. The van der Waals surface area contributed by atoms with E-state index < -0.39 is 5.60 Å². The Morgan fingerprint density at radius 2 is 1.81 bits per heavy atom. The lowest BCUT2D eigenvalue weighted by Crippen LogP contribution is -2.49. The number of carbonyl (C=O) groups excluding carboxylic acids is 1. The van der Waals surface area contributed by atoms with E-state index >= 15 is 0 Å². The maximum atomic E-state index is 12.8. The van der Waals surface area contributed by atoms with Crippen molar-refractivity contribution >= 4 is 29.6 Å². The van der Waals surface area contributed by atoms with Gasteiger partial charge in [-0.05, 0) is 17.7 Å². The summed E-state index contributed by atoms with van der Waals surface area (Å²) in [4.78, 5) is 11.7. The van der Waals surface area contributed by atoms with E-state index in [1.807, 2.05) is 0 Å². The van der Waals surface area contributed by atoms with Crippen LogP contribution in [0.3, 0.4) is 0 Å². The van der Waals surface area contributed by atoms with Gasteiger partial charge in [0.05, 0.1) is 5.60 Å². The zero-order chi connectivity index (χ0) is 15.1. The van der Waals surface area contributed by atoms with Crippen molar-refractivity contribution in [1.82, 2.24) is 10.6 Å². The molecule has 0 aliphatic carbocycles. The molecule has 3 N–H and O–H groups in total. The largest absolute Gasteiger partial charge is 0.386 e. The Kier molecular flexibility index (Phi) is 6.20. The Balaban J connectivity index is 1.72. The number of halogens is 1. The van der Waals surface area contributed by atoms with Gasteiger partial charge in [0.25, 0.3) is 0 Å². The number of hydrogen-bond donors (Lipinski definition) is 3. The number of nitrogens with one attached hydrogen (secondary N) is 2. The molecule has 0 spiro atoms. The Morgan fingerprint density at radius 3 is 2.43 bits per heavy atom. The highest BCUT2D eigenvalue weighted by molar-refractivity contribution is 8.03. The van der Waals surface area contributed by atoms with Crippen molar-refractivity contribution in [3.8, 4) is 0 Å². The fraction of sp³-hybridized carbons (Fsp3) is 0.500. The Labute approximate surface area is 132 Å². The molecule has 1 aromatic carbocycles. The number of hydrogen-bond acceptors (Lipinski definition) is 4. The molecular weight excluding hydrogens is 311 g/mol. The first-order valence-corrected chi connectivity index (χ1v) is 9.02. The van der Waals surface area contributed by atoms with Crippen LogP contribution in [0.4, 0.5) is 9.18 Å². The molecule has 1 heterocycles. The zero-order valence-electron chi connectivity index (χ0n) is 11.6. The van der Waals surface area contributed by atoms with E-state index in [4.69, 9.17) is 0 Å². The first-order valence-electron chi connectivity index (χ1n) is 6.71. The number of amides is 2. The Bertz CT molecular complexity index is 463. The van der Waals surface area contributed by atoms with E-state index in [2.05, 4.69) is 10.6 Å². The van der Waals surface area contributed by atoms with Gasteiger partial charge in [-0.25, -0.2) is 9.18 Å². The predicted molar refractivity (Wildman–Crippen MR) is 86.2 cm³/mol. The van der Waals surface area contributed by atoms with Crippen LogP contribution in [0.5, 0.6) is 0 Å². The minimum Gasteiger partial charge on any atom is -0.386 e. The lowest BCUT2D eigenvalue weighted by molar-refractivity contribution is 0.0921. The first kappa shape index (κ1) is 16.5. The molecule has 4 nitrogen and oxygen atoms in total. The van der Waals surface area contributed by atoms with Gasteiger partial charge < -0.3 is 15.7 Å². The monoisotopic (exact) mass is 330 g/mol. The second kappa shape index (κ2) is 7.91. The van der Waals surface area contributed by atoms with Crippen molar-refractivity contribution < 1.29 is 14.3 Å². The van der Waals surface area contributed by atoms with Crippen LogP contribution in [0.2, 0.25) is 0 Å². The van der Waals surface area contributed by atoms with Crippen LogP contribution in [0.1, 0.15) is 5.56 Å². The fourth-order valence-corrected chi connectivity index (χ4v) is 4.41. The van der Waals surface area contributed by atoms with Crippen LogP contribution in [-0.2, 0) is 6.54 Å². The topological polar surface area (TPSA) is 61.4 Å². The molecule has 0 atom stereocenters. The molecule has 0 radical (unpaired) electrons. The summed E-state index contributed by atoms with van der Waals surface area (Å²) in [6, 6.07) is 5.64. The van der Waals surface area contributed by atoms with E-state index in [0.29, 0.717) is 18.1 Å². The minimum atomic E-state index is -0.848. The van der Waals surface area contributed by atoms with Gasteiger partial charge in [0.1, 0.15) is 5.82 Å². The summed E-state index contributed by atoms with van der Waals surface area (Å²) in [5.41, 5.74) is -0.0233. The fourth-order valence-electron chi connectivity index (χ4n) is 1.88. The number of carbonyl (C=O) groups is 1. The molecule has 1 saturated heterocycles. The zero-order valence-corrected chi connectivity index (χ0v) is 13.2. The van der Waals surface area contributed by atoms with Gasteiger partial charge in [0.2, 0.25) is 0 Å². The van der Waals surface area contributed by atoms with Crippen LogP contribution < -0.4 is 10.6 Å². The summed E-state index contributed by atoms with van der Waals surface area (Å²) in [6.45, 7) is 0.566. The molecule has 0 aromatic heterocycles. The van der Waals surface area contributed by atoms with Gasteiger partial charge in [0, 0.05) is 36.1 Å². The van der Waals surface area contributed by atoms with E-state index in [0.717, 1.165) is 17.1 Å². The maximum Gasteiger partial charge on any atom is 0.315 e. The summed E-state index contributed by atoms with van der Waals surface area (Å²) in [5, 5.41) is 15.8. The van der Waals surface area contributed by atoms with Gasteiger partial charge in [-0.3, -0.25) is 0 Å². The van der Waals surface area contributed by atoms with Crippen molar-refractivity contribution in [1.29, 1.82) is 0 Å². The van der Waals surface area contributed by atoms with Crippen molar-refractivity contribution in [2.24, 2.45) is 0 Å². The van der Waals surface area contributed by atoms with Crippen molar-refractivity contribution in [2.75, 3.05) is 29.6 Å². The molecule has 0 bridgehead atoms. The lowest BCUT2D eigenvalue weighted by atomic mass is 10.1. The van der Waals surface area contributed by atoms with Crippen LogP contribution in [0.25, 0.3) is 0 Å². The standard InChI is InChI=1S/C14H19FN2O2S2/c15-12-3-1-11(2-4-12)7-16-13(18)17-8-14(19)9-20-5-6-21-10-14/h1-4,19H,5-10H2,(H2,16,17,18). The van der Waals surface area contributed by atoms with Crippen LogP contribution in [-0.4, -0.2) is 46.3 Å². The van der Waals surface area contributed by atoms with E-state index in [9.17, 15) is 14.3 Å². The molecule has 2 amide bonds. The molecular formula is C14H19FN2O2S2. The Morgan fingerprint density at radius 1 is 1.19 bits per heavy atom. The number of aliphatic hydroxyl groups is 1. The van der Waals surface area contributed by atoms with Crippen molar-refractivity contribution in [3.05, 3.63) is 35.6 Å². The van der Waals surface area contributed by atoms with Crippen molar-refractivity contribution in [3.63, 3.8) is 0 Å². The molecule has 0 saturated carbocycles. The third-order valence-corrected chi connectivity index (χ3v) is 5.78. The normalized spacial score (nSPS) is 17.8. The second-order valence-corrected chi connectivity index (χ2v) is 7.20. The molecule has 1 aliphatic rings. The van der Waals surface area contributed by atoms with Gasteiger partial charge in [-0.2, -0.15) is 23.5 Å². The lowest BCUT2D eigenvalue weighted by Gasteiger charge is -2.25. The minimum absolute atomic E-state index is 0.238. The van der Waals surface area contributed by atoms with Crippen LogP contribution in [0.15, 0.2) is 24.3 Å². The summed E-state index contributed by atoms with van der Waals surface area (Å²) in [5.74, 6) is 3.04. The van der Waals surface area contributed by atoms with Gasteiger partial charge in [-0.15, -0.1) is 0 Å². The van der Waals surface area contributed by atoms with Gasteiger partial charge >= 0.3 is 6.03 Å². The highest BCUT2D eigenvalue weighted by Gasteiger charge is 2.29. The molecule has 7 heteroatoms. The Hall–Kier alpha value is -0.920. The number of rotatable bonds is 4. The van der Waals surface area contributed by atoms with E-state index in [-0.39, 0.29) is 18.4 Å². The van der Waals surface area contributed by atoms with Gasteiger partial charge in [0.15, 0.2) is 0 Å². The molecule has 0 unspecified atom stereocenters. The predicted octanol–water partition coefficient (Wildman–Crippen LogP) is 1.84. The highest BCUT2D eigenvalue weighted by Crippen LogP contribution is 2.24. The smallest absolute Gasteiger partial charge is 0.315 e. The average Bonchev–Trinajstić information content (AvgIpc) is 2.70.